The number of nitrogens with one attached hydrogen (secondary N) is 1. The Labute approximate surface area is 113 Å². The fraction of sp³-hybridized carbons (Fsp3) is 0. The average Bonchev–Trinajstić information content (AvgIpc) is 2.33. The summed E-state index contributed by atoms with van der Waals surface area (Å²) in [4.78, 5) is 11.9. The third-order valence-electron chi connectivity index (χ3n) is 2.44. The number of carbonyl (C=O) groups is 1. The zero-order valence-electron chi connectivity index (χ0n) is 9.58. The second kappa shape index (κ2) is 5.24. The zero-order chi connectivity index (χ0) is 14.0. The van der Waals surface area contributed by atoms with Crippen molar-refractivity contribution in [1.82, 2.24) is 0 Å². The first-order chi connectivity index (χ1) is 8.97. The lowest BCUT2D eigenvalue weighted by molar-refractivity contribution is 0.102. The highest BCUT2D eigenvalue weighted by Gasteiger charge is 2.11. The molecule has 1 amide bonds. The van der Waals surface area contributed by atoms with Crippen LogP contribution in [-0.2, 0) is 0 Å². The maximum absolute atomic E-state index is 13.0. The number of anilines is 2. The van der Waals surface area contributed by atoms with Gasteiger partial charge in [0, 0.05) is 22.5 Å². The summed E-state index contributed by atoms with van der Waals surface area (Å²) in [6.45, 7) is 0. The van der Waals surface area contributed by atoms with Gasteiger partial charge in [-0.05, 0) is 30.3 Å². The Morgan fingerprint density at radius 1 is 1.11 bits per heavy atom. The molecule has 0 atom stereocenters. The van der Waals surface area contributed by atoms with Gasteiger partial charge in [-0.25, -0.2) is 8.78 Å². The molecular formula is C13H9ClF2N2O. The molecule has 0 saturated carbocycles. The van der Waals surface area contributed by atoms with Gasteiger partial charge < -0.3 is 11.1 Å². The first kappa shape index (κ1) is 13.3. The molecule has 2 rings (SSSR count). The number of nitrogens with two attached hydrogens (primary N) is 1. The highest BCUT2D eigenvalue weighted by molar-refractivity contribution is 6.31. The predicted octanol–water partition coefficient (Wildman–Crippen LogP) is 3.45. The molecule has 0 radical (unpaired) electrons. The second-order valence-electron chi connectivity index (χ2n) is 3.81. The normalized spacial score (nSPS) is 10.3. The van der Waals surface area contributed by atoms with E-state index in [9.17, 15) is 13.6 Å². The van der Waals surface area contributed by atoms with E-state index in [-0.39, 0.29) is 16.9 Å². The van der Waals surface area contributed by atoms with E-state index in [1.807, 2.05) is 0 Å². The van der Waals surface area contributed by atoms with Crippen molar-refractivity contribution in [2.24, 2.45) is 0 Å². The summed E-state index contributed by atoms with van der Waals surface area (Å²) in [6.07, 6.45) is 0. The number of benzene rings is 2. The number of rotatable bonds is 2. The van der Waals surface area contributed by atoms with Crippen LogP contribution in [0.1, 0.15) is 10.4 Å². The number of halogens is 3. The van der Waals surface area contributed by atoms with Crippen LogP contribution < -0.4 is 11.1 Å². The summed E-state index contributed by atoms with van der Waals surface area (Å²) in [5.74, 6) is -2.55. The fourth-order valence-electron chi connectivity index (χ4n) is 1.51. The summed E-state index contributed by atoms with van der Waals surface area (Å²) in [6, 6.07) is 7.46. The second-order valence-corrected chi connectivity index (χ2v) is 4.25. The minimum Gasteiger partial charge on any atom is -0.398 e. The van der Waals surface area contributed by atoms with Gasteiger partial charge in [0.15, 0.2) is 11.6 Å². The Balaban J connectivity index is 2.23. The average molecular weight is 283 g/mol. The molecule has 19 heavy (non-hydrogen) atoms. The molecular weight excluding hydrogens is 274 g/mol. The summed E-state index contributed by atoms with van der Waals surface area (Å²) in [5.41, 5.74) is 6.19. The first-order valence-corrected chi connectivity index (χ1v) is 5.66. The summed E-state index contributed by atoms with van der Waals surface area (Å²) in [5, 5.41) is 2.82. The molecule has 0 aliphatic carbocycles. The van der Waals surface area contributed by atoms with E-state index < -0.39 is 17.5 Å². The number of nitrogen functional groups attached to an aromatic ring is 1. The van der Waals surface area contributed by atoms with Gasteiger partial charge in [-0.3, -0.25) is 4.79 Å². The van der Waals surface area contributed by atoms with Gasteiger partial charge >= 0.3 is 0 Å². The summed E-state index contributed by atoms with van der Waals surface area (Å²) in [7, 11) is 0. The van der Waals surface area contributed by atoms with E-state index in [1.165, 1.54) is 24.3 Å². The molecule has 3 nitrogen and oxygen atoms in total. The Hall–Kier alpha value is -2.14. The smallest absolute Gasteiger partial charge is 0.257 e. The molecule has 0 saturated heterocycles. The maximum atomic E-state index is 13.0. The van der Waals surface area contributed by atoms with Crippen molar-refractivity contribution in [1.29, 1.82) is 0 Å². The van der Waals surface area contributed by atoms with Crippen LogP contribution in [0.5, 0.6) is 0 Å². The van der Waals surface area contributed by atoms with Gasteiger partial charge in [0.05, 0.1) is 5.56 Å². The number of hydrogen-bond donors (Lipinski definition) is 2. The van der Waals surface area contributed by atoms with Crippen molar-refractivity contribution >= 4 is 28.9 Å². The van der Waals surface area contributed by atoms with Crippen LogP contribution in [0, 0.1) is 11.6 Å². The van der Waals surface area contributed by atoms with E-state index >= 15 is 0 Å². The van der Waals surface area contributed by atoms with Crippen molar-refractivity contribution in [2.75, 3.05) is 11.1 Å². The Kier molecular flexibility index (Phi) is 3.66. The quantitative estimate of drug-likeness (QED) is 0.829. The van der Waals surface area contributed by atoms with E-state index in [2.05, 4.69) is 5.32 Å². The number of hydrogen-bond acceptors (Lipinski definition) is 2. The van der Waals surface area contributed by atoms with Crippen LogP contribution in [0.3, 0.4) is 0 Å². The molecule has 0 bridgehead atoms. The van der Waals surface area contributed by atoms with E-state index in [0.717, 1.165) is 12.1 Å². The predicted molar refractivity (Wildman–Crippen MR) is 70.2 cm³/mol. The number of carbonyl (C=O) groups excluding carboxylic acids is 1. The molecule has 2 aromatic rings. The standard InChI is InChI=1S/C13H9ClF2N2O/c14-7-1-3-9(12(17)5-7)13(19)18-8-2-4-10(15)11(16)6-8/h1-6H,17H2,(H,18,19). The van der Waals surface area contributed by atoms with Crippen molar-refractivity contribution in [3.8, 4) is 0 Å². The van der Waals surface area contributed by atoms with Crippen molar-refractivity contribution < 1.29 is 13.6 Å². The minimum absolute atomic E-state index is 0.137. The monoisotopic (exact) mass is 282 g/mol. The third kappa shape index (κ3) is 3.00. The Morgan fingerprint density at radius 2 is 1.84 bits per heavy atom. The maximum Gasteiger partial charge on any atom is 0.257 e. The molecule has 0 fully saturated rings. The van der Waals surface area contributed by atoms with Crippen LogP contribution in [0.15, 0.2) is 36.4 Å². The van der Waals surface area contributed by atoms with E-state index in [4.69, 9.17) is 17.3 Å². The highest BCUT2D eigenvalue weighted by atomic mass is 35.5. The topological polar surface area (TPSA) is 55.1 Å². The lowest BCUT2D eigenvalue weighted by atomic mass is 10.1. The molecule has 98 valence electrons. The van der Waals surface area contributed by atoms with Gasteiger partial charge in [-0.1, -0.05) is 11.6 Å². The lowest BCUT2D eigenvalue weighted by Gasteiger charge is -2.08. The van der Waals surface area contributed by atoms with Gasteiger partial charge in [0.2, 0.25) is 0 Å². The molecule has 2 aromatic carbocycles. The zero-order valence-corrected chi connectivity index (χ0v) is 10.3. The van der Waals surface area contributed by atoms with Crippen LogP contribution in [0.25, 0.3) is 0 Å². The van der Waals surface area contributed by atoms with Crippen molar-refractivity contribution in [3.63, 3.8) is 0 Å². The van der Waals surface area contributed by atoms with Crippen LogP contribution in [-0.4, -0.2) is 5.91 Å². The van der Waals surface area contributed by atoms with Crippen LogP contribution >= 0.6 is 11.6 Å². The lowest BCUT2D eigenvalue weighted by Crippen LogP contribution is -2.14. The Bertz CT molecular complexity index is 647. The van der Waals surface area contributed by atoms with E-state index in [1.54, 1.807) is 0 Å². The van der Waals surface area contributed by atoms with Gasteiger partial charge in [-0.15, -0.1) is 0 Å². The van der Waals surface area contributed by atoms with Gasteiger partial charge in [0.1, 0.15) is 0 Å². The summed E-state index contributed by atoms with van der Waals surface area (Å²) < 4.78 is 25.7. The van der Waals surface area contributed by atoms with Gasteiger partial charge in [0.25, 0.3) is 5.91 Å². The van der Waals surface area contributed by atoms with Crippen molar-refractivity contribution in [3.05, 3.63) is 58.6 Å². The molecule has 0 aliphatic heterocycles. The molecule has 0 aliphatic rings. The first-order valence-electron chi connectivity index (χ1n) is 5.29. The molecule has 3 N–H and O–H groups in total. The Morgan fingerprint density at radius 3 is 2.47 bits per heavy atom. The molecule has 0 spiro atoms. The van der Waals surface area contributed by atoms with Crippen molar-refractivity contribution in [2.45, 2.75) is 0 Å². The van der Waals surface area contributed by atoms with E-state index in [0.29, 0.717) is 5.02 Å². The van der Waals surface area contributed by atoms with Crippen LogP contribution in [0.4, 0.5) is 20.2 Å². The molecule has 0 aromatic heterocycles. The largest absolute Gasteiger partial charge is 0.398 e. The van der Waals surface area contributed by atoms with Gasteiger partial charge in [-0.2, -0.15) is 0 Å². The SMILES string of the molecule is Nc1cc(Cl)ccc1C(=O)Nc1ccc(F)c(F)c1. The molecule has 0 heterocycles. The number of amides is 1. The summed E-state index contributed by atoms with van der Waals surface area (Å²) >= 11 is 5.72. The fourth-order valence-corrected chi connectivity index (χ4v) is 1.69. The highest BCUT2D eigenvalue weighted by Crippen LogP contribution is 2.20. The van der Waals surface area contributed by atoms with Crippen LogP contribution in [0.2, 0.25) is 5.02 Å². The minimum atomic E-state index is -1.04. The molecule has 6 heteroatoms. The molecule has 0 unspecified atom stereocenters. The third-order valence-corrected chi connectivity index (χ3v) is 2.67.